The summed E-state index contributed by atoms with van der Waals surface area (Å²) in [5.74, 6) is 0.169. The molecule has 1 amide bonds. The first-order valence-corrected chi connectivity index (χ1v) is 6.84. The molecule has 112 valence electrons. The molecule has 6 nitrogen and oxygen atoms in total. The Bertz CT molecular complexity index is 770. The number of aliphatic hydroxyl groups is 1. The Kier molecular flexibility index (Phi) is 4.02. The van der Waals surface area contributed by atoms with Crippen molar-refractivity contribution >= 4 is 16.9 Å². The molecule has 0 bridgehead atoms. The number of aromatic nitrogens is 2. The van der Waals surface area contributed by atoms with Crippen LogP contribution in [0.15, 0.2) is 54.7 Å². The molecule has 0 fully saturated rings. The number of rotatable bonds is 5. The van der Waals surface area contributed by atoms with E-state index >= 15 is 0 Å². The largest absolute Gasteiger partial charge is 0.463 e. The molecule has 2 aromatic heterocycles. The van der Waals surface area contributed by atoms with Crippen molar-refractivity contribution < 1.29 is 14.6 Å². The number of carbonyl (C=O) groups excluding carboxylic acids is 1. The summed E-state index contributed by atoms with van der Waals surface area (Å²) < 4.78 is 5.27. The Labute approximate surface area is 126 Å². The van der Waals surface area contributed by atoms with Crippen LogP contribution >= 0.6 is 0 Å². The third-order valence-electron chi connectivity index (χ3n) is 3.09. The number of nitrogens with one attached hydrogen (secondary N) is 2. The summed E-state index contributed by atoms with van der Waals surface area (Å²) in [6.07, 6.45) is 0.636. The van der Waals surface area contributed by atoms with Crippen molar-refractivity contribution in [1.82, 2.24) is 15.3 Å². The van der Waals surface area contributed by atoms with E-state index in [0.717, 1.165) is 5.39 Å². The van der Waals surface area contributed by atoms with E-state index < -0.39 is 6.29 Å². The summed E-state index contributed by atoms with van der Waals surface area (Å²) in [6.45, 7) is -0.0296. The van der Waals surface area contributed by atoms with E-state index in [4.69, 9.17) is 4.74 Å². The Morgan fingerprint density at radius 2 is 2.05 bits per heavy atom. The molecule has 0 saturated heterocycles. The highest BCUT2D eigenvalue weighted by atomic mass is 16.6. The third kappa shape index (κ3) is 3.24. The van der Waals surface area contributed by atoms with Crippen molar-refractivity contribution in [2.75, 3.05) is 6.54 Å². The Morgan fingerprint density at radius 1 is 1.23 bits per heavy atom. The van der Waals surface area contributed by atoms with Crippen molar-refractivity contribution in [3.63, 3.8) is 0 Å². The van der Waals surface area contributed by atoms with Crippen molar-refractivity contribution in [3.8, 4) is 5.75 Å². The molecule has 1 aromatic carbocycles. The molecule has 3 rings (SSSR count). The molecule has 3 aromatic rings. The van der Waals surface area contributed by atoms with Crippen molar-refractivity contribution in [3.05, 3.63) is 60.4 Å². The lowest BCUT2D eigenvalue weighted by Gasteiger charge is -2.14. The summed E-state index contributed by atoms with van der Waals surface area (Å²) in [7, 11) is 0. The molecule has 0 radical (unpaired) electrons. The van der Waals surface area contributed by atoms with Crippen LogP contribution < -0.4 is 10.1 Å². The highest BCUT2D eigenvalue weighted by Crippen LogP contribution is 2.11. The maximum atomic E-state index is 12.0. The van der Waals surface area contributed by atoms with Gasteiger partial charge in [0, 0.05) is 11.6 Å². The molecule has 0 aliphatic heterocycles. The SMILES string of the molecule is O=C(NCC(O)Oc1ccccc1)c1ccc2cc[nH]c2n1. The molecule has 1 atom stereocenters. The second kappa shape index (κ2) is 6.28. The first kappa shape index (κ1) is 14.1. The van der Waals surface area contributed by atoms with Gasteiger partial charge in [0.1, 0.15) is 17.1 Å². The monoisotopic (exact) mass is 297 g/mol. The molecule has 0 spiro atoms. The minimum Gasteiger partial charge on any atom is -0.463 e. The smallest absolute Gasteiger partial charge is 0.270 e. The van der Waals surface area contributed by atoms with Gasteiger partial charge in [0.2, 0.25) is 6.29 Å². The molecule has 6 heteroatoms. The van der Waals surface area contributed by atoms with Gasteiger partial charge in [-0.3, -0.25) is 4.79 Å². The Morgan fingerprint density at radius 3 is 2.86 bits per heavy atom. The van der Waals surface area contributed by atoms with Crippen LogP contribution in [0, 0.1) is 0 Å². The summed E-state index contributed by atoms with van der Waals surface area (Å²) >= 11 is 0. The van der Waals surface area contributed by atoms with E-state index in [1.165, 1.54) is 0 Å². The Balaban J connectivity index is 1.57. The van der Waals surface area contributed by atoms with E-state index in [2.05, 4.69) is 15.3 Å². The number of aromatic amines is 1. The predicted molar refractivity (Wildman–Crippen MR) is 81.5 cm³/mol. The van der Waals surface area contributed by atoms with Crippen molar-refractivity contribution in [2.24, 2.45) is 0 Å². The van der Waals surface area contributed by atoms with Crippen LogP contribution in [0.3, 0.4) is 0 Å². The number of hydrogen-bond acceptors (Lipinski definition) is 4. The maximum Gasteiger partial charge on any atom is 0.270 e. The van der Waals surface area contributed by atoms with E-state index in [1.54, 1.807) is 36.5 Å². The van der Waals surface area contributed by atoms with Crippen LogP contribution in [0.2, 0.25) is 0 Å². The zero-order valence-corrected chi connectivity index (χ0v) is 11.7. The highest BCUT2D eigenvalue weighted by molar-refractivity contribution is 5.94. The number of pyridine rings is 1. The lowest BCUT2D eigenvalue weighted by Crippen LogP contribution is -2.35. The van der Waals surface area contributed by atoms with Crippen molar-refractivity contribution in [1.29, 1.82) is 0 Å². The van der Waals surface area contributed by atoms with Gasteiger partial charge in [-0.15, -0.1) is 0 Å². The molecule has 1 unspecified atom stereocenters. The van der Waals surface area contributed by atoms with Crippen LogP contribution in [0.4, 0.5) is 0 Å². The number of H-pyrrole nitrogens is 1. The first-order valence-electron chi connectivity index (χ1n) is 6.84. The number of aliphatic hydroxyl groups excluding tert-OH is 1. The maximum absolute atomic E-state index is 12.0. The highest BCUT2D eigenvalue weighted by Gasteiger charge is 2.12. The van der Waals surface area contributed by atoms with Gasteiger partial charge < -0.3 is 20.1 Å². The zero-order chi connectivity index (χ0) is 15.4. The number of nitrogens with zero attached hydrogens (tertiary/aromatic N) is 1. The van der Waals surface area contributed by atoms with E-state index in [-0.39, 0.29) is 18.1 Å². The minimum absolute atomic E-state index is 0.0296. The normalized spacial score (nSPS) is 12.0. The molecule has 3 N–H and O–H groups in total. The van der Waals surface area contributed by atoms with E-state index in [1.807, 2.05) is 18.2 Å². The fourth-order valence-electron chi connectivity index (χ4n) is 2.03. The first-order chi connectivity index (χ1) is 10.7. The number of ether oxygens (including phenoxy) is 1. The fourth-order valence-corrected chi connectivity index (χ4v) is 2.03. The van der Waals surface area contributed by atoms with Gasteiger partial charge in [-0.05, 0) is 30.3 Å². The van der Waals surface area contributed by atoms with Crippen LogP contribution in [0.5, 0.6) is 5.75 Å². The van der Waals surface area contributed by atoms with Crippen LogP contribution in [0.1, 0.15) is 10.5 Å². The molecule has 22 heavy (non-hydrogen) atoms. The van der Waals surface area contributed by atoms with E-state index in [9.17, 15) is 9.90 Å². The van der Waals surface area contributed by atoms with Crippen molar-refractivity contribution in [2.45, 2.75) is 6.29 Å². The Hall–Kier alpha value is -2.86. The lowest BCUT2D eigenvalue weighted by molar-refractivity contribution is -0.0144. The predicted octanol–water partition coefficient (Wildman–Crippen LogP) is 1.69. The van der Waals surface area contributed by atoms with Gasteiger partial charge in [0.25, 0.3) is 5.91 Å². The van der Waals surface area contributed by atoms with Gasteiger partial charge >= 0.3 is 0 Å². The third-order valence-corrected chi connectivity index (χ3v) is 3.09. The average molecular weight is 297 g/mol. The molecule has 0 aliphatic rings. The summed E-state index contributed by atoms with van der Waals surface area (Å²) in [5.41, 5.74) is 0.926. The van der Waals surface area contributed by atoms with Gasteiger partial charge in [0.15, 0.2) is 0 Å². The number of carbonyl (C=O) groups is 1. The van der Waals surface area contributed by atoms with Gasteiger partial charge in [-0.2, -0.15) is 0 Å². The van der Waals surface area contributed by atoms with E-state index in [0.29, 0.717) is 11.4 Å². The topological polar surface area (TPSA) is 87.2 Å². The minimum atomic E-state index is -1.12. The molecular formula is C16H15N3O3. The van der Waals surface area contributed by atoms with Crippen LogP contribution in [0.25, 0.3) is 11.0 Å². The molecule has 0 aliphatic carbocycles. The molecular weight excluding hydrogens is 282 g/mol. The second-order valence-electron chi connectivity index (χ2n) is 4.71. The zero-order valence-electron chi connectivity index (χ0n) is 11.7. The fraction of sp³-hybridized carbons (Fsp3) is 0.125. The summed E-state index contributed by atoms with van der Waals surface area (Å²) in [6, 6.07) is 14.2. The summed E-state index contributed by atoms with van der Waals surface area (Å²) in [5, 5.41) is 13.3. The molecule has 2 heterocycles. The molecule has 0 saturated carbocycles. The number of para-hydroxylation sites is 1. The quantitative estimate of drug-likeness (QED) is 0.625. The van der Waals surface area contributed by atoms with Crippen LogP contribution in [-0.4, -0.2) is 33.8 Å². The number of benzene rings is 1. The van der Waals surface area contributed by atoms with Gasteiger partial charge in [-0.25, -0.2) is 4.98 Å². The van der Waals surface area contributed by atoms with Gasteiger partial charge in [-0.1, -0.05) is 18.2 Å². The number of hydrogen-bond donors (Lipinski definition) is 3. The number of fused-ring (bicyclic) bond motifs is 1. The standard InChI is InChI=1S/C16H15N3O3/c20-14(22-12-4-2-1-3-5-12)10-18-16(21)13-7-6-11-8-9-17-15(11)19-13/h1-9,14,20H,10H2,(H,17,19)(H,18,21). The average Bonchev–Trinajstić information content (AvgIpc) is 3.01. The number of amides is 1. The second-order valence-corrected chi connectivity index (χ2v) is 4.71. The lowest BCUT2D eigenvalue weighted by atomic mass is 10.3. The summed E-state index contributed by atoms with van der Waals surface area (Å²) in [4.78, 5) is 19.2. The van der Waals surface area contributed by atoms with Gasteiger partial charge in [0.05, 0.1) is 6.54 Å². The van der Waals surface area contributed by atoms with Crippen LogP contribution in [-0.2, 0) is 0 Å².